The zero-order chi connectivity index (χ0) is 21.6. The Morgan fingerprint density at radius 2 is 2.07 bits per heavy atom. The molecule has 0 aromatic carbocycles. The highest BCUT2D eigenvalue weighted by Gasteiger charge is 2.51. The number of thioether (sulfide) groups is 1. The summed E-state index contributed by atoms with van der Waals surface area (Å²) in [6.45, 7) is 4.93. The molecule has 3 fully saturated rings. The van der Waals surface area contributed by atoms with Crippen molar-refractivity contribution >= 4 is 35.6 Å². The molecule has 2 atom stereocenters. The average Bonchev–Trinajstić information content (AvgIpc) is 3.04. The molecule has 4 rings (SSSR count). The van der Waals surface area contributed by atoms with E-state index in [1.165, 1.54) is 27.6 Å². The van der Waals surface area contributed by atoms with E-state index in [-0.39, 0.29) is 29.6 Å². The SMILES string of the molecule is C=CCOC(=O)N1CC(N2CCC(=CC3=C(C(=O)O)N4C(=O)[C@@H](N)[C@H]4SC3)C2=O)C1. The minimum atomic E-state index is -1.21. The number of carboxylic acids is 1. The monoisotopic (exact) mass is 434 g/mol. The lowest BCUT2D eigenvalue weighted by Gasteiger charge is -2.47. The molecule has 11 heteroatoms. The number of β-lactam (4-membered cyclic amide) rings is 1. The topological polar surface area (TPSA) is 133 Å². The van der Waals surface area contributed by atoms with Gasteiger partial charge in [-0.25, -0.2) is 9.59 Å². The van der Waals surface area contributed by atoms with E-state index in [0.717, 1.165) is 0 Å². The Bertz CT molecular complexity index is 893. The Labute approximate surface area is 177 Å². The van der Waals surface area contributed by atoms with Gasteiger partial charge in [-0.15, -0.1) is 11.8 Å². The number of carbonyl (C=O) groups is 4. The van der Waals surface area contributed by atoms with Crippen LogP contribution in [0, 0.1) is 0 Å². The molecule has 0 bridgehead atoms. The smallest absolute Gasteiger partial charge is 0.410 e. The maximum Gasteiger partial charge on any atom is 0.410 e. The molecule has 0 spiro atoms. The number of likely N-dealkylation sites (tertiary alicyclic amines) is 2. The Hall–Kier alpha value is -2.79. The second-order valence-corrected chi connectivity index (χ2v) is 8.56. The molecular formula is C19H22N4O6S. The lowest BCUT2D eigenvalue weighted by atomic mass is 10.0. The number of allylic oxidation sites excluding steroid dienone is 1. The molecule has 0 radical (unpaired) electrons. The zero-order valence-electron chi connectivity index (χ0n) is 16.2. The van der Waals surface area contributed by atoms with E-state index in [1.807, 2.05) is 0 Å². The highest BCUT2D eigenvalue weighted by Crippen LogP contribution is 2.40. The van der Waals surface area contributed by atoms with E-state index < -0.39 is 24.0 Å². The van der Waals surface area contributed by atoms with Crippen LogP contribution in [-0.4, -0.2) is 93.1 Å². The van der Waals surface area contributed by atoms with Crippen LogP contribution in [0.5, 0.6) is 0 Å². The maximum atomic E-state index is 12.8. The molecule has 30 heavy (non-hydrogen) atoms. The summed E-state index contributed by atoms with van der Waals surface area (Å²) in [5.41, 5.74) is 6.61. The number of nitrogens with zero attached hydrogens (tertiary/aromatic N) is 3. The molecule has 3 amide bonds. The predicted octanol–water partition coefficient (Wildman–Crippen LogP) is -0.267. The molecular weight excluding hydrogens is 412 g/mol. The fraction of sp³-hybridized carbons (Fsp3) is 0.474. The highest BCUT2D eigenvalue weighted by molar-refractivity contribution is 8.00. The molecule has 4 aliphatic rings. The van der Waals surface area contributed by atoms with Crippen molar-refractivity contribution in [1.82, 2.24) is 14.7 Å². The van der Waals surface area contributed by atoms with Crippen LogP contribution >= 0.6 is 11.8 Å². The molecule has 0 aliphatic carbocycles. The number of nitrogens with two attached hydrogens (primary N) is 1. The second kappa shape index (κ2) is 7.80. The van der Waals surface area contributed by atoms with E-state index in [9.17, 15) is 24.3 Å². The van der Waals surface area contributed by atoms with E-state index in [1.54, 1.807) is 11.0 Å². The summed E-state index contributed by atoms with van der Waals surface area (Å²) < 4.78 is 4.98. The van der Waals surface area contributed by atoms with Crippen LogP contribution in [0.3, 0.4) is 0 Å². The van der Waals surface area contributed by atoms with Crippen molar-refractivity contribution in [2.45, 2.75) is 23.9 Å². The Morgan fingerprint density at radius 3 is 2.73 bits per heavy atom. The van der Waals surface area contributed by atoms with Crippen LogP contribution in [0.15, 0.2) is 35.6 Å². The summed E-state index contributed by atoms with van der Waals surface area (Å²) in [4.78, 5) is 52.9. The number of carbonyl (C=O) groups excluding carboxylic acids is 3. The van der Waals surface area contributed by atoms with Crippen molar-refractivity contribution in [3.8, 4) is 0 Å². The summed E-state index contributed by atoms with van der Waals surface area (Å²) >= 11 is 1.40. The molecule has 160 valence electrons. The van der Waals surface area contributed by atoms with Gasteiger partial charge in [0.25, 0.3) is 0 Å². The first-order valence-corrected chi connectivity index (χ1v) is 10.6. The number of amides is 3. The predicted molar refractivity (Wildman–Crippen MR) is 107 cm³/mol. The Balaban J connectivity index is 1.45. The van der Waals surface area contributed by atoms with Crippen LogP contribution < -0.4 is 5.73 Å². The fourth-order valence-corrected chi connectivity index (χ4v) is 5.25. The fourth-order valence-electron chi connectivity index (χ4n) is 4.00. The second-order valence-electron chi connectivity index (χ2n) is 7.46. The van der Waals surface area contributed by atoms with Crippen LogP contribution in [0.25, 0.3) is 0 Å². The lowest BCUT2D eigenvalue weighted by molar-refractivity contribution is -0.147. The van der Waals surface area contributed by atoms with Gasteiger partial charge in [0.1, 0.15) is 23.7 Å². The van der Waals surface area contributed by atoms with Gasteiger partial charge in [-0.3, -0.25) is 14.5 Å². The van der Waals surface area contributed by atoms with Crippen molar-refractivity contribution in [3.63, 3.8) is 0 Å². The Morgan fingerprint density at radius 1 is 1.33 bits per heavy atom. The quantitative estimate of drug-likeness (QED) is 0.343. The standard InChI is InChI=1S/C19H22N4O6S/c1-2-5-29-19(28)21-7-12(8-21)22-4-3-10(15(22)24)6-11-9-30-17-13(20)16(25)23(17)14(11)18(26)27/h2,6,12-13,17H,1,3-5,7-9,20H2,(H,26,27)/t13-,17-/m1/s1. The van der Waals surface area contributed by atoms with Gasteiger partial charge in [0, 0.05) is 31.0 Å². The van der Waals surface area contributed by atoms with Gasteiger partial charge in [-0.1, -0.05) is 12.7 Å². The molecule has 0 aromatic rings. The molecule has 4 heterocycles. The first-order chi connectivity index (χ1) is 14.3. The number of hydrogen-bond acceptors (Lipinski definition) is 7. The summed E-state index contributed by atoms with van der Waals surface area (Å²) in [5, 5.41) is 9.25. The van der Waals surface area contributed by atoms with Gasteiger partial charge in [0.15, 0.2) is 0 Å². The third kappa shape index (κ3) is 3.27. The van der Waals surface area contributed by atoms with Crippen LogP contribution in [-0.2, 0) is 19.1 Å². The molecule has 0 aromatic heterocycles. The van der Waals surface area contributed by atoms with E-state index in [2.05, 4.69) is 6.58 Å². The number of rotatable bonds is 5. The largest absolute Gasteiger partial charge is 0.477 e. The van der Waals surface area contributed by atoms with Crippen molar-refractivity contribution in [2.24, 2.45) is 5.73 Å². The van der Waals surface area contributed by atoms with Crippen molar-refractivity contribution in [2.75, 3.05) is 32.0 Å². The third-order valence-corrected chi connectivity index (χ3v) is 6.96. The Kier molecular flexibility index (Phi) is 5.33. The van der Waals surface area contributed by atoms with Gasteiger partial charge in [-0.2, -0.15) is 0 Å². The molecule has 4 aliphatic heterocycles. The molecule has 0 saturated carbocycles. The van der Waals surface area contributed by atoms with E-state index >= 15 is 0 Å². The van der Waals surface area contributed by atoms with Crippen molar-refractivity contribution < 1.29 is 29.0 Å². The maximum absolute atomic E-state index is 12.8. The summed E-state index contributed by atoms with van der Waals surface area (Å²) in [5.74, 6) is -1.43. The number of hydrogen-bond donors (Lipinski definition) is 2. The van der Waals surface area contributed by atoms with Gasteiger partial charge >= 0.3 is 12.1 Å². The van der Waals surface area contributed by atoms with Gasteiger partial charge < -0.3 is 25.4 Å². The minimum absolute atomic E-state index is 0.0901. The van der Waals surface area contributed by atoms with Crippen molar-refractivity contribution in [3.05, 3.63) is 35.6 Å². The van der Waals surface area contributed by atoms with Gasteiger partial charge in [-0.05, 0) is 18.1 Å². The van der Waals surface area contributed by atoms with Gasteiger partial charge in [0.2, 0.25) is 11.8 Å². The normalized spacial score (nSPS) is 27.8. The molecule has 0 unspecified atom stereocenters. The van der Waals surface area contributed by atoms with Crippen LogP contribution in [0.1, 0.15) is 6.42 Å². The highest BCUT2D eigenvalue weighted by atomic mass is 32.2. The zero-order valence-corrected chi connectivity index (χ0v) is 17.0. The summed E-state index contributed by atoms with van der Waals surface area (Å²) in [7, 11) is 0. The molecule has 3 N–H and O–H groups in total. The number of fused-ring (bicyclic) bond motifs is 1. The first kappa shape index (κ1) is 20.5. The molecule has 10 nitrogen and oxygen atoms in total. The van der Waals surface area contributed by atoms with Crippen molar-refractivity contribution in [1.29, 1.82) is 0 Å². The van der Waals surface area contributed by atoms with Crippen LogP contribution in [0.2, 0.25) is 0 Å². The minimum Gasteiger partial charge on any atom is -0.477 e. The lowest BCUT2D eigenvalue weighted by Crippen LogP contribution is -2.68. The number of ether oxygens (including phenoxy) is 1. The van der Waals surface area contributed by atoms with E-state index in [0.29, 0.717) is 43.0 Å². The number of carboxylic acid groups (broad SMARTS) is 1. The van der Waals surface area contributed by atoms with E-state index in [4.69, 9.17) is 10.5 Å². The summed E-state index contributed by atoms with van der Waals surface area (Å²) in [6.07, 6.45) is 3.13. The average molecular weight is 434 g/mol. The number of aliphatic carboxylic acids is 1. The van der Waals surface area contributed by atoms with Gasteiger partial charge in [0.05, 0.1) is 6.04 Å². The summed E-state index contributed by atoms with van der Waals surface area (Å²) in [6, 6.07) is -0.783. The molecule has 3 saturated heterocycles. The van der Waals surface area contributed by atoms with Crippen LogP contribution in [0.4, 0.5) is 4.79 Å². The first-order valence-electron chi connectivity index (χ1n) is 9.54. The third-order valence-electron chi connectivity index (χ3n) is 5.63.